The molecule has 0 radical (unpaired) electrons. The molecule has 0 atom stereocenters. The molecule has 1 aliphatic rings. The molecule has 0 spiro atoms. The van der Waals surface area contributed by atoms with Crippen LogP contribution in [0.5, 0.6) is 0 Å². The van der Waals surface area contributed by atoms with Gasteiger partial charge in [-0.15, -0.1) is 6.42 Å². The minimum atomic E-state index is -3.02. The summed E-state index contributed by atoms with van der Waals surface area (Å²) in [5.74, 6) is 3.12. The summed E-state index contributed by atoms with van der Waals surface area (Å²) in [6.07, 6.45) is 7.51. The first-order valence-corrected chi connectivity index (χ1v) is 7.70. The van der Waals surface area contributed by atoms with Gasteiger partial charge in [0.05, 0.1) is 12.4 Å². The number of terminal acetylenes is 1. The Morgan fingerprint density at radius 3 is 2.59 bits per heavy atom. The quantitative estimate of drug-likeness (QED) is 0.530. The van der Waals surface area contributed by atoms with E-state index in [0.29, 0.717) is 38.6 Å². The molecule has 0 N–H and O–H groups in total. The van der Waals surface area contributed by atoms with Crippen LogP contribution in [-0.2, 0) is 14.8 Å². The van der Waals surface area contributed by atoms with Crippen LogP contribution in [0.15, 0.2) is 0 Å². The van der Waals surface area contributed by atoms with Crippen molar-refractivity contribution < 1.29 is 13.2 Å². The SMILES string of the molecule is C#CCOCC1CCN(S(=O)(=O)CCC)CC1. The minimum absolute atomic E-state index is 0.255. The number of ether oxygens (including phenoxy) is 1. The Bertz CT molecular complexity index is 350. The summed E-state index contributed by atoms with van der Waals surface area (Å²) in [5.41, 5.74) is 0. The zero-order chi connectivity index (χ0) is 12.7. The van der Waals surface area contributed by atoms with Gasteiger partial charge in [-0.05, 0) is 25.2 Å². The topological polar surface area (TPSA) is 46.6 Å². The summed E-state index contributed by atoms with van der Waals surface area (Å²) in [6, 6.07) is 0. The van der Waals surface area contributed by atoms with Crippen LogP contribution >= 0.6 is 0 Å². The summed E-state index contributed by atoms with van der Waals surface area (Å²) in [4.78, 5) is 0. The average Bonchev–Trinajstić information content (AvgIpc) is 2.30. The molecule has 0 aliphatic carbocycles. The summed E-state index contributed by atoms with van der Waals surface area (Å²) < 4.78 is 30.5. The van der Waals surface area contributed by atoms with E-state index < -0.39 is 10.0 Å². The molecule has 1 heterocycles. The smallest absolute Gasteiger partial charge is 0.214 e. The highest BCUT2D eigenvalue weighted by Crippen LogP contribution is 2.20. The fraction of sp³-hybridized carbons (Fsp3) is 0.833. The molecule has 0 aromatic carbocycles. The lowest BCUT2D eigenvalue weighted by Crippen LogP contribution is -2.40. The highest BCUT2D eigenvalue weighted by atomic mass is 32.2. The lowest BCUT2D eigenvalue weighted by molar-refractivity contribution is 0.101. The van der Waals surface area contributed by atoms with Crippen LogP contribution in [-0.4, -0.2) is 44.8 Å². The molecule has 98 valence electrons. The molecular formula is C12H21NO3S. The maximum Gasteiger partial charge on any atom is 0.214 e. The van der Waals surface area contributed by atoms with E-state index >= 15 is 0 Å². The number of rotatable bonds is 6. The molecule has 1 saturated heterocycles. The lowest BCUT2D eigenvalue weighted by atomic mass is 9.99. The van der Waals surface area contributed by atoms with Gasteiger partial charge in [-0.3, -0.25) is 0 Å². The zero-order valence-corrected chi connectivity index (χ0v) is 11.2. The molecule has 1 rings (SSSR count). The van der Waals surface area contributed by atoms with E-state index in [-0.39, 0.29) is 5.75 Å². The van der Waals surface area contributed by atoms with Gasteiger partial charge in [-0.25, -0.2) is 12.7 Å². The Morgan fingerprint density at radius 1 is 1.41 bits per heavy atom. The van der Waals surface area contributed by atoms with Gasteiger partial charge in [0, 0.05) is 13.1 Å². The Morgan fingerprint density at radius 2 is 2.06 bits per heavy atom. The van der Waals surface area contributed by atoms with Gasteiger partial charge in [-0.1, -0.05) is 12.8 Å². The van der Waals surface area contributed by atoms with Gasteiger partial charge >= 0.3 is 0 Å². The van der Waals surface area contributed by atoms with E-state index in [1.165, 1.54) is 0 Å². The molecule has 1 fully saturated rings. The summed E-state index contributed by atoms with van der Waals surface area (Å²) >= 11 is 0. The van der Waals surface area contributed by atoms with Gasteiger partial charge < -0.3 is 4.74 Å². The first-order chi connectivity index (χ1) is 8.10. The van der Waals surface area contributed by atoms with Crippen LogP contribution < -0.4 is 0 Å². The molecule has 0 aromatic rings. The number of sulfonamides is 1. The first kappa shape index (κ1) is 14.5. The van der Waals surface area contributed by atoms with Crippen molar-refractivity contribution in [3.05, 3.63) is 0 Å². The van der Waals surface area contributed by atoms with Crippen LogP contribution in [0.2, 0.25) is 0 Å². The van der Waals surface area contributed by atoms with Crippen molar-refractivity contribution >= 4 is 10.0 Å². The largest absolute Gasteiger partial charge is 0.369 e. The third kappa shape index (κ3) is 4.66. The predicted molar refractivity (Wildman–Crippen MR) is 68.0 cm³/mol. The molecular weight excluding hydrogens is 238 g/mol. The Labute approximate surface area is 104 Å². The van der Waals surface area contributed by atoms with Crippen molar-refractivity contribution in [3.63, 3.8) is 0 Å². The van der Waals surface area contributed by atoms with Crippen molar-refractivity contribution in [3.8, 4) is 12.3 Å². The summed E-state index contributed by atoms with van der Waals surface area (Å²) in [6.45, 7) is 4.11. The van der Waals surface area contributed by atoms with Gasteiger partial charge in [-0.2, -0.15) is 0 Å². The number of hydrogen-bond donors (Lipinski definition) is 0. The molecule has 1 aliphatic heterocycles. The van der Waals surface area contributed by atoms with Crippen molar-refractivity contribution in [2.24, 2.45) is 5.92 Å². The summed E-state index contributed by atoms with van der Waals surface area (Å²) in [5, 5.41) is 0. The second kappa shape index (κ2) is 7.00. The molecule has 5 heteroatoms. The molecule has 0 aromatic heterocycles. The van der Waals surface area contributed by atoms with E-state index in [1.54, 1.807) is 4.31 Å². The third-order valence-electron chi connectivity index (χ3n) is 2.97. The fourth-order valence-corrected chi connectivity index (χ4v) is 3.57. The highest BCUT2D eigenvalue weighted by Gasteiger charge is 2.27. The van der Waals surface area contributed by atoms with Crippen LogP contribution in [0.3, 0.4) is 0 Å². The lowest BCUT2D eigenvalue weighted by Gasteiger charge is -2.30. The van der Waals surface area contributed by atoms with E-state index in [0.717, 1.165) is 12.8 Å². The van der Waals surface area contributed by atoms with E-state index in [1.807, 2.05) is 6.92 Å². The fourth-order valence-electron chi connectivity index (χ4n) is 2.03. The number of piperidine rings is 1. The minimum Gasteiger partial charge on any atom is -0.369 e. The summed E-state index contributed by atoms with van der Waals surface area (Å²) in [7, 11) is -3.02. The molecule has 0 amide bonds. The maximum absolute atomic E-state index is 11.8. The number of nitrogens with zero attached hydrogens (tertiary/aromatic N) is 1. The van der Waals surface area contributed by atoms with Crippen LogP contribution in [0, 0.1) is 18.3 Å². The van der Waals surface area contributed by atoms with Gasteiger partial charge in [0.2, 0.25) is 10.0 Å². The van der Waals surface area contributed by atoms with Crippen LogP contribution in [0.25, 0.3) is 0 Å². The van der Waals surface area contributed by atoms with E-state index in [2.05, 4.69) is 5.92 Å². The number of hydrogen-bond acceptors (Lipinski definition) is 3. The standard InChI is InChI=1S/C12H21NO3S/c1-3-9-16-11-12-5-7-13(8-6-12)17(14,15)10-4-2/h1,12H,4-11H2,2H3. The molecule has 0 unspecified atom stereocenters. The van der Waals surface area contributed by atoms with Gasteiger partial charge in [0.1, 0.15) is 6.61 Å². The highest BCUT2D eigenvalue weighted by molar-refractivity contribution is 7.89. The van der Waals surface area contributed by atoms with Crippen molar-refractivity contribution in [2.45, 2.75) is 26.2 Å². The third-order valence-corrected chi connectivity index (χ3v) is 5.04. The average molecular weight is 259 g/mol. The predicted octanol–water partition coefficient (Wildman–Crippen LogP) is 1.09. The Kier molecular flexibility index (Phi) is 5.96. The molecule has 0 bridgehead atoms. The van der Waals surface area contributed by atoms with E-state index in [9.17, 15) is 8.42 Å². The zero-order valence-electron chi connectivity index (χ0n) is 10.4. The second-order valence-corrected chi connectivity index (χ2v) is 6.47. The van der Waals surface area contributed by atoms with Crippen LogP contribution in [0.1, 0.15) is 26.2 Å². The van der Waals surface area contributed by atoms with E-state index in [4.69, 9.17) is 11.2 Å². The van der Waals surface area contributed by atoms with Crippen molar-refractivity contribution in [1.29, 1.82) is 0 Å². The maximum atomic E-state index is 11.8. The van der Waals surface area contributed by atoms with Crippen molar-refractivity contribution in [2.75, 3.05) is 32.1 Å². The molecule has 0 saturated carbocycles. The normalized spacial score (nSPS) is 19.1. The Hall–Kier alpha value is -0.570. The molecule has 17 heavy (non-hydrogen) atoms. The van der Waals surface area contributed by atoms with Gasteiger partial charge in [0.25, 0.3) is 0 Å². The first-order valence-electron chi connectivity index (χ1n) is 6.09. The molecule has 4 nitrogen and oxygen atoms in total. The van der Waals surface area contributed by atoms with Gasteiger partial charge in [0.15, 0.2) is 0 Å². The van der Waals surface area contributed by atoms with Crippen LogP contribution in [0.4, 0.5) is 0 Å². The monoisotopic (exact) mass is 259 g/mol. The van der Waals surface area contributed by atoms with Crippen molar-refractivity contribution in [1.82, 2.24) is 4.31 Å². The Balaban J connectivity index is 2.33. The second-order valence-electron chi connectivity index (χ2n) is 4.38.